The van der Waals surface area contributed by atoms with Gasteiger partial charge in [-0.1, -0.05) is 41.4 Å². The predicted octanol–water partition coefficient (Wildman–Crippen LogP) is 4.40. The standard InChI is InChI=1S/C23H21Cl2N3O2/c24-18-6-7-20(25)16(13-18)5-8-22(29)27-9-11-28(12-10-27)23(30)14-17-15-26-21-4-2-1-3-19(17)21/h1-8,13,15,26H,9-12,14H2. The second kappa shape index (κ2) is 8.94. The summed E-state index contributed by atoms with van der Waals surface area (Å²) in [4.78, 5) is 32.0. The van der Waals surface area contributed by atoms with Gasteiger partial charge in [0, 0.05) is 59.4 Å². The third-order valence-corrected chi connectivity index (χ3v) is 5.90. The summed E-state index contributed by atoms with van der Waals surface area (Å²) in [6.45, 7) is 2.07. The van der Waals surface area contributed by atoms with Gasteiger partial charge in [0.25, 0.3) is 0 Å². The Balaban J connectivity index is 1.33. The van der Waals surface area contributed by atoms with Gasteiger partial charge in [0.15, 0.2) is 0 Å². The molecule has 2 aromatic carbocycles. The molecule has 0 radical (unpaired) electrons. The average molecular weight is 442 g/mol. The van der Waals surface area contributed by atoms with Crippen LogP contribution in [0.15, 0.2) is 54.7 Å². The third-order valence-electron chi connectivity index (χ3n) is 5.32. The molecule has 1 fully saturated rings. The van der Waals surface area contributed by atoms with Gasteiger partial charge in [-0.25, -0.2) is 0 Å². The lowest BCUT2D eigenvalue weighted by atomic mass is 10.1. The highest BCUT2D eigenvalue weighted by molar-refractivity contribution is 6.34. The number of rotatable bonds is 4. The molecule has 0 bridgehead atoms. The Kier molecular flexibility index (Phi) is 6.11. The highest BCUT2D eigenvalue weighted by atomic mass is 35.5. The number of nitrogens with one attached hydrogen (secondary N) is 1. The molecule has 0 aliphatic carbocycles. The summed E-state index contributed by atoms with van der Waals surface area (Å²) in [6, 6.07) is 13.1. The third kappa shape index (κ3) is 4.53. The van der Waals surface area contributed by atoms with E-state index in [0.29, 0.717) is 48.2 Å². The molecule has 1 saturated heterocycles. The van der Waals surface area contributed by atoms with Gasteiger partial charge in [0.1, 0.15) is 0 Å². The molecule has 1 aromatic heterocycles. The van der Waals surface area contributed by atoms with E-state index in [1.165, 1.54) is 6.08 Å². The Labute approximate surface area is 184 Å². The summed E-state index contributed by atoms with van der Waals surface area (Å²) in [5.41, 5.74) is 2.72. The van der Waals surface area contributed by atoms with Gasteiger partial charge in [0.05, 0.1) is 6.42 Å². The largest absolute Gasteiger partial charge is 0.361 e. The van der Waals surface area contributed by atoms with Crippen molar-refractivity contribution in [1.82, 2.24) is 14.8 Å². The molecule has 4 rings (SSSR count). The van der Waals surface area contributed by atoms with Crippen LogP contribution >= 0.6 is 23.2 Å². The normalized spacial score (nSPS) is 14.6. The zero-order valence-electron chi connectivity index (χ0n) is 16.3. The minimum absolute atomic E-state index is 0.0769. The molecule has 0 atom stereocenters. The van der Waals surface area contributed by atoms with Crippen molar-refractivity contribution in [2.24, 2.45) is 0 Å². The van der Waals surface area contributed by atoms with E-state index in [2.05, 4.69) is 4.98 Å². The smallest absolute Gasteiger partial charge is 0.246 e. The number of aromatic amines is 1. The number of H-pyrrole nitrogens is 1. The average Bonchev–Trinajstić information content (AvgIpc) is 3.17. The maximum Gasteiger partial charge on any atom is 0.246 e. The Morgan fingerprint density at radius 3 is 2.53 bits per heavy atom. The number of piperazine rings is 1. The van der Waals surface area contributed by atoms with Crippen LogP contribution in [0.2, 0.25) is 10.0 Å². The number of benzene rings is 2. The van der Waals surface area contributed by atoms with Crippen LogP contribution in [0, 0.1) is 0 Å². The molecule has 3 aromatic rings. The SMILES string of the molecule is O=C(C=Cc1cc(Cl)ccc1Cl)N1CCN(C(=O)Cc2c[nH]c3ccccc23)CC1. The number of hydrogen-bond acceptors (Lipinski definition) is 2. The van der Waals surface area contributed by atoms with Crippen LogP contribution in [-0.4, -0.2) is 52.8 Å². The fourth-order valence-electron chi connectivity index (χ4n) is 3.64. The number of carbonyl (C=O) groups excluding carboxylic acids is 2. The van der Waals surface area contributed by atoms with Crippen molar-refractivity contribution in [3.63, 3.8) is 0 Å². The second-order valence-corrected chi connectivity index (χ2v) is 8.09. The molecule has 0 saturated carbocycles. The molecule has 154 valence electrons. The topological polar surface area (TPSA) is 56.4 Å². The molecule has 5 nitrogen and oxygen atoms in total. The summed E-state index contributed by atoms with van der Waals surface area (Å²) < 4.78 is 0. The second-order valence-electron chi connectivity index (χ2n) is 7.24. The molecule has 2 heterocycles. The number of para-hydroxylation sites is 1. The van der Waals surface area contributed by atoms with Gasteiger partial charge in [-0.15, -0.1) is 0 Å². The first-order valence-corrected chi connectivity index (χ1v) is 10.5. The fourth-order valence-corrected chi connectivity index (χ4v) is 4.00. The van der Waals surface area contributed by atoms with E-state index >= 15 is 0 Å². The zero-order valence-corrected chi connectivity index (χ0v) is 17.8. The maximum atomic E-state index is 12.7. The minimum Gasteiger partial charge on any atom is -0.361 e. The predicted molar refractivity (Wildman–Crippen MR) is 121 cm³/mol. The maximum absolute atomic E-state index is 12.7. The lowest BCUT2D eigenvalue weighted by Crippen LogP contribution is -2.50. The molecule has 30 heavy (non-hydrogen) atoms. The molecule has 0 spiro atoms. The molecule has 1 aliphatic heterocycles. The Hall–Kier alpha value is -2.76. The van der Waals surface area contributed by atoms with Gasteiger partial charge in [0.2, 0.25) is 11.8 Å². The van der Waals surface area contributed by atoms with Crippen molar-refractivity contribution in [3.8, 4) is 0 Å². The first-order valence-electron chi connectivity index (χ1n) is 9.76. The number of carbonyl (C=O) groups is 2. The summed E-state index contributed by atoms with van der Waals surface area (Å²) in [5, 5.41) is 2.18. The first-order chi connectivity index (χ1) is 14.5. The lowest BCUT2D eigenvalue weighted by molar-refractivity contribution is -0.136. The Morgan fingerprint density at radius 1 is 1.00 bits per heavy atom. The number of fused-ring (bicyclic) bond motifs is 1. The highest BCUT2D eigenvalue weighted by Crippen LogP contribution is 2.22. The summed E-state index contributed by atoms with van der Waals surface area (Å²) in [5.74, 6) is -0.0251. The van der Waals surface area contributed by atoms with E-state index in [4.69, 9.17) is 23.2 Å². The Morgan fingerprint density at radius 2 is 1.73 bits per heavy atom. The van der Waals surface area contributed by atoms with E-state index in [0.717, 1.165) is 16.5 Å². The number of nitrogens with zero attached hydrogens (tertiary/aromatic N) is 2. The number of hydrogen-bond donors (Lipinski definition) is 1. The van der Waals surface area contributed by atoms with Gasteiger partial charge in [-0.05, 0) is 41.5 Å². The minimum atomic E-state index is -0.102. The lowest BCUT2D eigenvalue weighted by Gasteiger charge is -2.34. The molecule has 1 N–H and O–H groups in total. The summed E-state index contributed by atoms with van der Waals surface area (Å²) in [6.07, 6.45) is 5.42. The number of aromatic nitrogens is 1. The van der Waals surface area contributed by atoms with Crippen LogP contribution in [-0.2, 0) is 16.0 Å². The molecule has 1 aliphatic rings. The summed E-state index contributed by atoms with van der Waals surface area (Å²) in [7, 11) is 0. The highest BCUT2D eigenvalue weighted by Gasteiger charge is 2.23. The summed E-state index contributed by atoms with van der Waals surface area (Å²) >= 11 is 12.1. The van der Waals surface area contributed by atoms with Crippen LogP contribution in [0.5, 0.6) is 0 Å². The Bertz CT molecular complexity index is 1110. The van der Waals surface area contributed by atoms with Crippen molar-refractivity contribution in [1.29, 1.82) is 0 Å². The quantitative estimate of drug-likeness (QED) is 0.609. The fraction of sp³-hybridized carbons (Fsp3) is 0.217. The van der Waals surface area contributed by atoms with Crippen molar-refractivity contribution in [3.05, 3.63) is 75.9 Å². The monoisotopic (exact) mass is 441 g/mol. The molecular formula is C23H21Cl2N3O2. The van der Waals surface area contributed by atoms with Gasteiger partial charge >= 0.3 is 0 Å². The van der Waals surface area contributed by atoms with Crippen LogP contribution in [0.1, 0.15) is 11.1 Å². The van der Waals surface area contributed by atoms with Crippen molar-refractivity contribution >= 4 is 52.0 Å². The first kappa shape index (κ1) is 20.5. The van der Waals surface area contributed by atoms with Gasteiger partial charge in [-0.2, -0.15) is 0 Å². The van der Waals surface area contributed by atoms with E-state index in [-0.39, 0.29) is 11.8 Å². The molecule has 7 heteroatoms. The molecular weight excluding hydrogens is 421 g/mol. The van der Waals surface area contributed by atoms with Crippen LogP contribution in [0.4, 0.5) is 0 Å². The van der Waals surface area contributed by atoms with E-state index in [1.54, 1.807) is 29.2 Å². The van der Waals surface area contributed by atoms with Crippen molar-refractivity contribution in [2.45, 2.75) is 6.42 Å². The van der Waals surface area contributed by atoms with E-state index in [1.807, 2.05) is 35.4 Å². The van der Waals surface area contributed by atoms with Crippen molar-refractivity contribution < 1.29 is 9.59 Å². The molecule has 0 unspecified atom stereocenters. The van der Waals surface area contributed by atoms with Crippen LogP contribution < -0.4 is 0 Å². The van der Waals surface area contributed by atoms with Crippen molar-refractivity contribution in [2.75, 3.05) is 26.2 Å². The number of halogens is 2. The number of amides is 2. The zero-order chi connectivity index (χ0) is 21.1. The van der Waals surface area contributed by atoms with Crippen LogP contribution in [0.3, 0.4) is 0 Å². The van der Waals surface area contributed by atoms with E-state index in [9.17, 15) is 9.59 Å². The molecule has 2 amide bonds. The van der Waals surface area contributed by atoms with Crippen LogP contribution in [0.25, 0.3) is 17.0 Å². The van der Waals surface area contributed by atoms with Gasteiger partial charge in [-0.3, -0.25) is 9.59 Å². The van der Waals surface area contributed by atoms with E-state index < -0.39 is 0 Å². The van der Waals surface area contributed by atoms with Gasteiger partial charge < -0.3 is 14.8 Å².